The molecule has 2 heteroatoms. The Labute approximate surface area is 158 Å². The van der Waals surface area contributed by atoms with Crippen LogP contribution < -0.4 is 0 Å². The van der Waals surface area contributed by atoms with E-state index >= 15 is 0 Å². The Bertz CT molecular complexity index is 263. The third kappa shape index (κ3) is 21.4. The van der Waals surface area contributed by atoms with Crippen LogP contribution in [0.1, 0.15) is 136 Å². The first-order valence-electron chi connectivity index (χ1n) is 11.5. The number of hydrogen-bond acceptors (Lipinski definition) is 2. The number of rotatable bonds is 20. The molecule has 0 amide bonds. The quantitative estimate of drug-likeness (QED) is 0.164. The Morgan fingerprint density at radius 2 is 0.880 bits per heavy atom. The summed E-state index contributed by atoms with van der Waals surface area (Å²) < 4.78 is 5.08. The van der Waals surface area contributed by atoms with Gasteiger partial charge in [0.05, 0.1) is 6.61 Å². The fourth-order valence-corrected chi connectivity index (χ4v) is 3.28. The Morgan fingerprint density at radius 1 is 0.520 bits per heavy atom. The number of hydrogen-bond donors (Lipinski definition) is 0. The minimum absolute atomic E-state index is 0.0113. The molecule has 0 radical (unpaired) electrons. The number of carbonyl (C=O) groups excluding carboxylic acids is 1. The lowest BCUT2D eigenvalue weighted by Crippen LogP contribution is -2.04. The van der Waals surface area contributed by atoms with Crippen molar-refractivity contribution in [3.8, 4) is 0 Å². The molecule has 0 aromatic carbocycles. The fourth-order valence-electron chi connectivity index (χ4n) is 3.28. The molecule has 0 bridgehead atoms. The molecule has 0 spiro atoms. The van der Waals surface area contributed by atoms with Crippen molar-refractivity contribution in [3.05, 3.63) is 0 Å². The second kappa shape index (κ2) is 21.5. The largest absolute Gasteiger partial charge is 0.466 e. The Balaban J connectivity index is 3.04. The zero-order valence-electron chi connectivity index (χ0n) is 17.5. The second-order valence-corrected chi connectivity index (χ2v) is 7.63. The Hall–Kier alpha value is -0.530. The molecule has 0 N–H and O–H groups in total. The van der Waals surface area contributed by atoms with Crippen molar-refractivity contribution in [1.82, 2.24) is 0 Å². The summed E-state index contributed by atoms with van der Waals surface area (Å²) in [5.74, 6) is -0.0113. The predicted octanol–water partition coefficient (Wildman–Crippen LogP) is 7.98. The van der Waals surface area contributed by atoms with E-state index in [2.05, 4.69) is 6.92 Å². The maximum Gasteiger partial charge on any atom is 0.305 e. The summed E-state index contributed by atoms with van der Waals surface area (Å²) in [5.41, 5.74) is 0. The fraction of sp³-hybridized carbons (Fsp3) is 0.957. The predicted molar refractivity (Wildman–Crippen MR) is 110 cm³/mol. The van der Waals surface area contributed by atoms with Crippen LogP contribution >= 0.6 is 0 Å². The summed E-state index contributed by atoms with van der Waals surface area (Å²) in [4.78, 5) is 11.3. The van der Waals surface area contributed by atoms with Crippen LogP contribution in [0.5, 0.6) is 0 Å². The van der Waals surface area contributed by atoms with Gasteiger partial charge in [0.1, 0.15) is 0 Å². The van der Waals surface area contributed by atoms with Crippen LogP contribution in [0.25, 0.3) is 0 Å². The summed E-state index contributed by atoms with van der Waals surface area (Å²) in [6.45, 7) is 4.90. The maximum atomic E-state index is 11.3. The third-order valence-electron chi connectivity index (χ3n) is 4.95. The summed E-state index contributed by atoms with van der Waals surface area (Å²) in [6.07, 6.45) is 24.9. The highest BCUT2D eigenvalue weighted by molar-refractivity contribution is 5.69. The van der Waals surface area contributed by atoms with E-state index in [-0.39, 0.29) is 5.97 Å². The average molecular weight is 355 g/mol. The highest BCUT2D eigenvalue weighted by atomic mass is 16.5. The van der Waals surface area contributed by atoms with E-state index in [4.69, 9.17) is 4.74 Å². The van der Waals surface area contributed by atoms with Crippen LogP contribution in [0.15, 0.2) is 0 Å². The van der Waals surface area contributed by atoms with Crippen LogP contribution in [0.3, 0.4) is 0 Å². The molecule has 0 aliphatic heterocycles. The Kier molecular flexibility index (Phi) is 21.1. The first-order valence-corrected chi connectivity index (χ1v) is 11.5. The molecule has 0 aliphatic rings. The SMILES string of the molecule is CCCCCCCCCCCCCCCCCCCC(=O)OCCC. The van der Waals surface area contributed by atoms with Crippen molar-refractivity contribution in [2.24, 2.45) is 0 Å². The topological polar surface area (TPSA) is 26.3 Å². The van der Waals surface area contributed by atoms with Crippen molar-refractivity contribution in [2.75, 3.05) is 6.61 Å². The number of carbonyl (C=O) groups is 1. The van der Waals surface area contributed by atoms with Gasteiger partial charge in [-0.05, 0) is 12.8 Å². The zero-order chi connectivity index (χ0) is 18.4. The monoisotopic (exact) mass is 354 g/mol. The standard InChI is InChI=1S/C23H46O2/c1-3-5-6-7-8-9-10-11-12-13-14-15-16-17-18-19-20-21-23(24)25-22-4-2/h3-22H2,1-2H3. The minimum atomic E-state index is -0.0113. The van der Waals surface area contributed by atoms with E-state index in [1.165, 1.54) is 103 Å². The molecule has 0 saturated carbocycles. The second-order valence-electron chi connectivity index (χ2n) is 7.63. The lowest BCUT2D eigenvalue weighted by molar-refractivity contribution is -0.143. The van der Waals surface area contributed by atoms with Gasteiger partial charge in [-0.2, -0.15) is 0 Å². The van der Waals surface area contributed by atoms with Crippen molar-refractivity contribution in [3.63, 3.8) is 0 Å². The molecule has 0 aromatic heterocycles. The van der Waals surface area contributed by atoms with E-state index in [0.717, 1.165) is 12.8 Å². The van der Waals surface area contributed by atoms with Crippen molar-refractivity contribution < 1.29 is 9.53 Å². The molecular formula is C23H46O2. The molecule has 0 unspecified atom stereocenters. The van der Waals surface area contributed by atoms with E-state index in [1.807, 2.05) is 6.92 Å². The third-order valence-corrected chi connectivity index (χ3v) is 4.95. The van der Waals surface area contributed by atoms with Crippen molar-refractivity contribution in [1.29, 1.82) is 0 Å². The van der Waals surface area contributed by atoms with Gasteiger partial charge in [0, 0.05) is 6.42 Å². The molecule has 0 aliphatic carbocycles. The maximum absolute atomic E-state index is 11.3. The number of esters is 1. The van der Waals surface area contributed by atoms with Crippen molar-refractivity contribution in [2.45, 2.75) is 136 Å². The average Bonchev–Trinajstić information content (AvgIpc) is 2.62. The molecule has 0 rings (SSSR count). The zero-order valence-corrected chi connectivity index (χ0v) is 17.5. The van der Waals surface area contributed by atoms with E-state index in [1.54, 1.807) is 0 Å². The molecule has 0 fully saturated rings. The highest BCUT2D eigenvalue weighted by Crippen LogP contribution is 2.14. The summed E-state index contributed by atoms with van der Waals surface area (Å²) in [5, 5.41) is 0. The van der Waals surface area contributed by atoms with Gasteiger partial charge in [-0.3, -0.25) is 4.79 Å². The summed E-state index contributed by atoms with van der Waals surface area (Å²) in [6, 6.07) is 0. The van der Waals surface area contributed by atoms with E-state index < -0.39 is 0 Å². The molecule has 0 saturated heterocycles. The summed E-state index contributed by atoms with van der Waals surface area (Å²) >= 11 is 0. The Morgan fingerprint density at radius 3 is 1.24 bits per heavy atom. The van der Waals surface area contributed by atoms with Gasteiger partial charge in [0.15, 0.2) is 0 Å². The molecule has 0 aromatic rings. The van der Waals surface area contributed by atoms with Gasteiger partial charge in [0.2, 0.25) is 0 Å². The first-order chi connectivity index (χ1) is 12.3. The van der Waals surface area contributed by atoms with Gasteiger partial charge in [-0.1, -0.05) is 117 Å². The van der Waals surface area contributed by atoms with Gasteiger partial charge in [-0.15, -0.1) is 0 Å². The molecular weight excluding hydrogens is 308 g/mol. The lowest BCUT2D eigenvalue weighted by atomic mass is 10.0. The lowest BCUT2D eigenvalue weighted by Gasteiger charge is -2.04. The highest BCUT2D eigenvalue weighted by Gasteiger charge is 2.01. The van der Waals surface area contributed by atoms with Crippen LogP contribution in [-0.2, 0) is 9.53 Å². The minimum Gasteiger partial charge on any atom is -0.466 e. The van der Waals surface area contributed by atoms with Crippen LogP contribution in [-0.4, -0.2) is 12.6 Å². The molecule has 25 heavy (non-hydrogen) atoms. The van der Waals surface area contributed by atoms with Gasteiger partial charge >= 0.3 is 5.97 Å². The smallest absolute Gasteiger partial charge is 0.305 e. The van der Waals surface area contributed by atoms with Crippen molar-refractivity contribution >= 4 is 5.97 Å². The van der Waals surface area contributed by atoms with Crippen LogP contribution in [0, 0.1) is 0 Å². The van der Waals surface area contributed by atoms with Gasteiger partial charge in [-0.25, -0.2) is 0 Å². The molecule has 0 atom stereocenters. The first kappa shape index (κ1) is 24.5. The molecule has 2 nitrogen and oxygen atoms in total. The number of ether oxygens (including phenoxy) is 1. The summed E-state index contributed by atoms with van der Waals surface area (Å²) in [7, 11) is 0. The molecule has 150 valence electrons. The van der Waals surface area contributed by atoms with E-state index in [0.29, 0.717) is 13.0 Å². The number of unbranched alkanes of at least 4 members (excludes halogenated alkanes) is 16. The van der Waals surface area contributed by atoms with Crippen LogP contribution in [0.4, 0.5) is 0 Å². The normalized spacial score (nSPS) is 11.0. The molecule has 0 heterocycles. The van der Waals surface area contributed by atoms with Gasteiger partial charge in [0.25, 0.3) is 0 Å². The van der Waals surface area contributed by atoms with Gasteiger partial charge < -0.3 is 4.74 Å². The van der Waals surface area contributed by atoms with Crippen LogP contribution in [0.2, 0.25) is 0 Å². The van der Waals surface area contributed by atoms with E-state index in [9.17, 15) is 4.79 Å².